The molecular formula is C23H28Cl2FN5O2. The highest BCUT2D eigenvalue weighted by Gasteiger charge is 2.47. The van der Waals surface area contributed by atoms with Crippen LogP contribution < -0.4 is 10.6 Å². The Kier molecular flexibility index (Phi) is 7.10. The van der Waals surface area contributed by atoms with E-state index in [1.54, 1.807) is 18.2 Å². The summed E-state index contributed by atoms with van der Waals surface area (Å²) in [5.74, 6) is -0.757. The molecule has 1 saturated heterocycles. The monoisotopic (exact) mass is 495 g/mol. The number of anilines is 3. The van der Waals surface area contributed by atoms with Crippen molar-refractivity contribution >= 4 is 46.6 Å². The van der Waals surface area contributed by atoms with E-state index in [0.717, 1.165) is 6.20 Å². The number of rotatable bonds is 6. The summed E-state index contributed by atoms with van der Waals surface area (Å²) in [7, 11) is 1.34. The highest BCUT2D eigenvalue weighted by molar-refractivity contribution is 6.35. The van der Waals surface area contributed by atoms with Crippen molar-refractivity contribution in [2.24, 2.45) is 0 Å². The van der Waals surface area contributed by atoms with Gasteiger partial charge in [-0.05, 0) is 58.7 Å². The molecule has 2 aromatic rings. The van der Waals surface area contributed by atoms with Crippen LogP contribution in [0.5, 0.6) is 0 Å². The van der Waals surface area contributed by atoms with Crippen molar-refractivity contribution in [3.8, 4) is 0 Å². The predicted molar refractivity (Wildman–Crippen MR) is 130 cm³/mol. The van der Waals surface area contributed by atoms with E-state index in [9.17, 15) is 9.18 Å². The van der Waals surface area contributed by atoms with Crippen LogP contribution in [-0.2, 0) is 9.53 Å². The van der Waals surface area contributed by atoms with Crippen LogP contribution in [0.2, 0.25) is 10.0 Å². The molecule has 2 N–H and O–H groups in total. The Morgan fingerprint density at radius 1 is 1.18 bits per heavy atom. The molecule has 0 radical (unpaired) electrons. The second kappa shape index (κ2) is 9.35. The third-order valence-electron chi connectivity index (χ3n) is 5.60. The van der Waals surface area contributed by atoms with Gasteiger partial charge in [-0.3, -0.25) is 0 Å². The number of carbonyl (C=O) groups excluding carboxylic acids is 1. The molecule has 3 rings (SSSR count). The maximum absolute atomic E-state index is 14.6. The molecule has 10 heteroatoms. The Labute approximate surface area is 203 Å². The van der Waals surface area contributed by atoms with Gasteiger partial charge < -0.3 is 20.3 Å². The molecule has 0 bridgehead atoms. The lowest BCUT2D eigenvalue weighted by molar-refractivity contribution is -0.141. The first-order valence-corrected chi connectivity index (χ1v) is 11.2. The van der Waals surface area contributed by atoms with Crippen LogP contribution in [0.3, 0.4) is 0 Å². The molecule has 1 aliphatic rings. The van der Waals surface area contributed by atoms with Gasteiger partial charge >= 0.3 is 5.97 Å². The first-order valence-electron chi connectivity index (χ1n) is 10.4. The fourth-order valence-electron chi connectivity index (χ4n) is 4.80. The first kappa shape index (κ1) is 25.1. The molecule has 2 heterocycles. The lowest BCUT2D eigenvalue weighted by atomic mass is 9.76. The number of methoxy groups -OCH3 is 1. The molecule has 1 aromatic heterocycles. The van der Waals surface area contributed by atoms with Crippen molar-refractivity contribution in [1.82, 2.24) is 14.9 Å². The number of halogens is 3. The molecule has 0 atom stereocenters. The van der Waals surface area contributed by atoms with Gasteiger partial charge in [0, 0.05) is 32.9 Å². The SMILES string of the molecule is C=C(C(=O)OC)N1C(C)(C)CC(Nc2nc(Nc3cc(Cl)cc(Cl)c3)ncc2F)CC1(C)C. The first-order chi connectivity index (χ1) is 15.3. The van der Waals surface area contributed by atoms with Crippen molar-refractivity contribution in [2.45, 2.75) is 57.7 Å². The van der Waals surface area contributed by atoms with Gasteiger partial charge in [0.15, 0.2) is 11.6 Å². The van der Waals surface area contributed by atoms with E-state index in [1.807, 2.05) is 32.6 Å². The molecule has 0 saturated carbocycles. The van der Waals surface area contributed by atoms with Crippen LogP contribution in [0, 0.1) is 5.82 Å². The van der Waals surface area contributed by atoms with Crippen molar-refractivity contribution < 1.29 is 13.9 Å². The summed E-state index contributed by atoms with van der Waals surface area (Å²) >= 11 is 12.1. The summed E-state index contributed by atoms with van der Waals surface area (Å²) in [6, 6.07) is 4.83. The Morgan fingerprint density at radius 3 is 2.30 bits per heavy atom. The summed E-state index contributed by atoms with van der Waals surface area (Å²) in [5, 5.41) is 7.12. The molecular weight excluding hydrogens is 468 g/mol. The average Bonchev–Trinajstić information content (AvgIpc) is 2.67. The molecule has 0 spiro atoms. The van der Waals surface area contributed by atoms with E-state index in [0.29, 0.717) is 34.3 Å². The predicted octanol–water partition coefficient (Wildman–Crippen LogP) is 5.79. The smallest absolute Gasteiger partial charge is 0.353 e. The summed E-state index contributed by atoms with van der Waals surface area (Å²) in [6.45, 7) is 12.0. The number of aromatic nitrogens is 2. The third kappa shape index (κ3) is 5.68. The van der Waals surface area contributed by atoms with Crippen LogP contribution in [0.25, 0.3) is 0 Å². The minimum atomic E-state index is -0.568. The Morgan fingerprint density at radius 2 is 1.76 bits per heavy atom. The second-order valence-electron chi connectivity index (χ2n) is 9.32. The maximum atomic E-state index is 14.6. The molecule has 1 aliphatic heterocycles. The van der Waals surface area contributed by atoms with Crippen LogP contribution in [0.1, 0.15) is 40.5 Å². The standard InChI is InChI=1S/C23H28Cl2FN5O2/c1-13(20(32)33-6)31-22(2,3)10-17(11-23(31,4)5)28-19-18(26)12-27-21(30-19)29-16-8-14(24)7-15(25)9-16/h7-9,12,17H,1,10-11H2,2-6H3,(H2,27,28,29,30). The number of piperidine rings is 1. The Hall–Kier alpha value is -2.58. The fourth-order valence-corrected chi connectivity index (χ4v) is 5.32. The van der Waals surface area contributed by atoms with Crippen LogP contribution in [0.15, 0.2) is 36.7 Å². The summed E-state index contributed by atoms with van der Waals surface area (Å²) in [5.41, 5.74) is -0.0209. The van der Waals surface area contributed by atoms with Crippen LogP contribution in [-0.4, -0.2) is 45.1 Å². The van der Waals surface area contributed by atoms with Gasteiger partial charge in [0.05, 0.1) is 13.3 Å². The number of benzene rings is 1. The molecule has 0 aliphatic carbocycles. The number of hydrogen-bond donors (Lipinski definition) is 2. The van der Waals surface area contributed by atoms with Crippen molar-refractivity contribution in [3.05, 3.63) is 52.5 Å². The zero-order valence-corrected chi connectivity index (χ0v) is 20.8. The van der Waals surface area contributed by atoms with Gasteiger partial charge in [-0.2, -0.15) is 4.98 Å². The summed E-state index contributed by atoms with van der Waals surface area (Å²) < 4.78 is 19.5. The quantitative estimate of drug-likeness (QED) is 0.387. The number of nitrogens with zero attached hydrogens (tertiary/aromatic N) is 3. The largest absolute Gasteiger partial charge is 0.464 e. The van der Waals surface area contributed by atoms with E-state index in [2.05, 4.69) is 27.2 Å². The zero-order chi connectivity index (χ0) is 24.6. The van der Waals surface area contributed by atoms with Crippen LogP contribution in [0.4, 0.5) is 21.8 Å². The molecule has 0 unspecified atom stereocenters. The third-order valence-corrected chi connectivity index (χ3v) is 6.03. The number of likely N-dealkylation sites (tertiary alicyclic amines) is 1. The van der Waals surface area contributed by atoms with Crippen molar-refractivity contribution in [3.63, 3.8) is 0 Å². The van der Waals surface area contributed by atoms with E-state index in [1.165, 1.54) is 7.11 Å². The Balaban J connectivity index is 1.81. The Bertz CT molecular complexity index is 1040. The minimum Gasteiger partial charge on any atom is -0.464 e. The van der Waals surface area contributed by atoms with Gasteiger partial charge in [-0.25, -0.2) is 14.2 Å². The topological polar surface area (TPSA) is 79.4 Å². The van der Waals surface area contributed by atoms with Crippen LogP contribution >= 0.6 is 23.2 Å². The minimum absolute atomic E-state index is 0.0810. The van der Waals surface area contributed by atoms with Gasteiger partial charge in [-0.15, -0.1) is 0 Å². The highest BCUT2D eigenvalue weighted by Crippen LogP contribution is 2.42. The van der Waals surface area contributed by atoms with Crippen molar-refractivity contribution in [1.29, 1.82) is 0 Å². The van der Waals surface area contributed by atoms with Gasteiger partial charge in [0.25, 0.3) is 0 Å². The number of ether oxygens (including phenoxy) is 1. The van der Waals surface area contributed by atoms with E-state index in [-0.39, 0.29) is 17.8 Å². The average molecular weight is 496 g/mol. The highest BCUT2D eigenvalue weighted by atomic mass is 35.5. The normalized spacial score (nSPS) is 17.4. The molecule has 178 valence electrons. The number of esters is 1. The zero-order valence-electron chi connectivity index (χ0n) is 19.3. The van der Waals surface area contributed by atoms with Crippen molar-refractivity contribution in [2.75, 3.05) is 17.7 Å². The van der Waals surface area contributed by atoms with E-state index >= 15 is 0 Å². The maximum Gasteiger partial charge on any atom is 0.353 e. The molecule has 1 fully saturated rings. The van der Waals surface area contributed by atoms with E-state index < -0.39 is 22.9 Å². The molecule has 33 heavy (non-hydrogen) atoms. The summed E-state index contributed by atoms with van der Waals surface area (Å²) in [4.78, 5) is 22.5. The summed E-state index contributed by atoms with van der Waals surface area (Å²) in [6.07, 6.45) is 2.33. The molecule has 7 nitrogen and oxygen atoms in total. The van der Waals surface area contributed by atoms with Gasteiger partial charge in [0.2, 0.25) is 5.95 Å². The number of hydrogen-bond acceptors (Lipinski definition) is 7. The number of carbonyl (C=O) groups is 1. The van der Waals surface area contributed by atoms with Gasteiger partial charge in [-0.1, -0.05) is 29.8 Å². The lowest BCUT2D eigenvalue weighted by Crippen LogP contribution is -2.63. The van der Waals surface area contributed by atoms with E-state index in [4.69, 9.17) is 27.9 Å². The number of nitrogens with one attached hydrogen (secondary N) is 2. The molecule has 1 aromatic carbocycles. The van der Waals surface area contributed by atoms with Gasteiger partial charge in [0.1, 0.15) is 5.70 Å². The lowest BCUT2D eigenvalue weighted by Gasteiger charge is -2.56. The molecule has 0 amide bonds. The second-order valence-corrected chi connectivity index (χ2v) is 10.2. The fraction of sp³-hybridized carbons (Fsp3) is 0.435.